The summed E-state index contributed by atoms with van der Waals surface area (Å²) in [6.45, 7) is 3.57. The van der Waals surface area contributed by atoms with Crippen LogP contribution in [-0.4, -0.2) is 32.5 Å². The molecule has 6 nitrogen and oxygen atoms in total. The number of benzene rings is 2. The largest absolute Gasteiger partial charge is 0.382 e. The van der Waals surface area contributed by atoms with Gasteiger partial charge in [-0.15, -0.1) is 0 Å². The Morgan fingerprint density at radius 1 is 0.938 bits per heavy atom. The van der Waals surface area contributed by atoms with Crippen molar-refractivity contribution in [1.29, 1.82) is 0 Å². The van der Waals surface area contributed by atoms with E-state index in [1.54, 1.807) is 26.0 Å². The smallest absolute Gasteiger partial charge is 0.251 e. The van der Waals surface area contributed by atoms with E-state index in [4.69, 9.17) is 0 Å². The van der Waals surface area contributed by atoms with Crippen LogP contribution in [0, 0.1) is 0 Å². The molecule has 172 valence electrons. The number of nitrogens with one attached hydrogen (secondary N) is 3. The van der Waals surface area contributed by atoms with Crippen molar-refractivity contribution in [2.24, 2.45) is 0 Å². The molecule has 2 aliphatic rings. The van der Waals surface area contributed by atoms with E-state index in [9.17, 15) is 13.2 Å². The molecule has 2 aliphatic carbocycles. The highest BCUT2D eigenvalue weighted by Gasteiger charge is 2.25. The van der Waals surface area contributed by atoms with Gasteiger partial charge in [0.05, 0.1) is 4.90 Å². The average molecular weight is 456 g/mol. The first-order valence-corrected chi connectivity index (χ1v) is 13.1. The second kappa shape index (κ2) is 9.63. The Bertz CT molecular complexity index is 1050. The van der Waals surface area contributed by atoms with Gasteiger partial charge in [-0.2, -0.15) is 0 Å². The number of carbonyl (C=O) groups is 1. The van der Waals surface area contributed by atoms with Crippen LogP contribution in [0.25, 0.3) is 0 Å². The lowest BCUT2D eigenvalue weighted by Gasteiger charge is -2.24. The molecule has 0 radical (unpaired) electrons. The number of carbonyl (C=O) groups excluding carboxylic acids is 1. The summed E-state index contributed by atoms with van der Waals surface area (Å²) < 4.78 is 28.4. The maximum absolute atomic E-state index is 13.1. The first-order chi connectivity index (χ1) is 15.3. The minimum Gasteiger partial charge on any atom is -0.382 e. The molecule has 32 heavy (non-hydrogen) atoms. The van der Waals surface area contributed by atoms with Crippen LogP contribution < -0.4 is 15.4 Å². The molecule has 4 rings (SSSR count). The van der Waals surface area contributed by atoms with E-state index in [1.807, 2.05) is 12.1 Å². The van der Waals surface area contributed by atoms with Gasteiger partial charge >= 0.3 is 0 Å². The second-order valence-electron chi connectivity index (χ2n) is 9.35. The molecule has 2 aromatic rings. The third-order valence-corrected chi connectivity index (χ3v) is 7.87. The van der Waals surface area contributed by atoms with E-state index in [0.29, 0.717) is 17.3 Å². The standard InChI is InChI=1S/C25H33N3O3S/c1-17(2)28-32(30,31)24-15-20(14-23(16-24)26-21-10-4-3-5-11-21)25(29)27-22-12-18-8-6-7-9-19(18)13-22/h6-9,14-17,21-22,26,28H,3-5,10-13H2,1-2H3,(H,27,29). The zero-order chi connectivity index (χ0) is 22.7. The predicted octanol–water partition coefficient (Wildman–Crippen LogP) is 4.02. The Morgan fingerprint density at radius 3 is 2.22 bits per heavy atom. The van der Waals surface area contributed by atoms with Crippen molar-refractivity contribution < 1.29 is 13.2 Å². The summed E-state index contributed by atoms with van der Waals surface area (Å²) in [5.41, 5.74) is 3.57. The van der Waals surface area contributed by atoms with Gasteiger partial charge in [0.25, 0.3) is 5.91 Å². The predicted molar refractivity (Wildman–Crippen MR) is 127 cm³/mol. The molecule has 0 aromatic heterocycles. The number of sulfonamides is 1. The molecular weight excluding hydrogens is 422 g/mol. The van der Waals surface area contributed by atoms with Crippen LogP contribution in [0.15, 0.2) is 47.4 Å². The Labute approximate surface area is 191 Å². The zero-order valence-corrected chi connectivity index (χ0v) is 19.7. The first kappa shape index (κ1) is 22.8. The quantitative estimate of drug-likeness (QED) is 0.589. The number of anilines is 1. The average Bonchev–Trinajstić information content (AvgIpc) is 3.15. The fourth-order valence-corrected chi connectivity index (χ4v) is 6.08. The molecule has 2 aromatic carbocycles. The molecule has 0 unspecified atom stereocenters. The third kappa shape index (κ3) is 5.51. The molecule has 1 fully saturated rings. The van der Waals surface area contributed by atoms with Crippen LogP contribution in [0.5, 0.6) is 0 Å². The van der Waals surface area contributed by atoms with E-state index >= 15 is 0 Å². The molecule has 1 saturated carbocycles. The van der Waals surface area contributed by atoms with Crippen molar-refractivity contribution >= 4 is 21.6 Å². The van der Waals surface area contributed by atoms with Gasteiger partial charge in [-0.25, -0.2) is 13.1 Å². The van der Waals surface area contributed by atoms with Crippen LogP contribution in [0.3, 0.4) is 0 Å². The lowest BCUT2D eigenvalue weighted by Crippen LogP contribution is -2.36. The summed E-state index contributed by atoms with van der Waals surface area (Å²) in [7, 11) is -3.72. The topological polar surface area (TPSA) is 87.3 Å². The van der Waals surface area contributed by atoms with Crippen molar-refractivity contribution in [2.45, 2.75) is 81.8 Å². The van der Waals surface area contributed by atoms with E-state index in [0.717, 1.165) is 25.7 Å². The van der Waals surface area contributed by atoms with Gasteiger partial charge in [-0.1, -0.05) is 43.5 Å². The molecule has 0 bridgehead atoms. The summed E-state index contributed by atoms with van der Waals surface area (Å²) in [6.07, 6.45) is 7.28. The number of hydrogen-bond donors (Lipinski definition) is 3. The minimum atomic E-state index is -3.72. The van der Waals surface area contributed by atoms with Crippen LogP contribution in [0.4, 0.5) is 5.69 Å². The van der Waals surface area contributed by atoms with Crippen LogP contribution in [0.2, 0.25) is 0 Å². The Hall–Kier alpha value is -2.38. The monoisotopic (exact) mass is 455 g/mol. The van der Waals surface area contributed by atoms with E-state index in [-0.39, 0.29) is 22.9 Å². The van der Waals surface area contributed by atoms with Crippen LogP contribution in [-0.2, 0) is 22.9 Å². The van der Waals surface area contributed by atoms with Crippen molar-refractivity contribution in [3.63, 3.8) is 0 Å². The van der Waals surface area contributed by atoms with E-state index in [1.165, 1.54) is 36.5 Å². The van der Waals surface area contributed by atoms with Gasteiger partial charge in [0, 0.05) is 29.4 Å². The SMILES string of the molecule is CC(C)NS(=O)(=O)c1cc(NC2CCCCC2)cc(C(=O)NC2Cc3ccccc3C2)c1. The normalized spacial score (nSPS) is 17.3. The molecule has 0 spiro atoms. The highest BCUT2D eigenvalue weighted by atomic mass is 32.2. The minimum absolute atomic E-state index is 0.0173. The van der Waals surface area contributed by atoms with Gasteiger partial charge in [-0.05, 0) is 68.9 Å². The van der Waals surface area contributed by atoms with Crippen LogP contribution in [0.1, 0.15) is 67.4 Å². The van der Waals surface area contributed by atoms with E-state index < -0.39 is 10.0 Å². The molecular formula is C25H33N3O3S. The third-order valence-electron chi connectivity index (χ3n) is 6.23. The maximum atomic E-state index is 13.1. The highest BCUT2D eigenvalue weighted by molar-refractivity contribution is 7.89. The van der Waals surface area contributed by atoms with Crippen LogP contribution >= 0.6 is 0 Å². The highest BCUT2D eigenvalue weighted by Crippen LogP contribution is 2.26. The number of amides is 1. The van der Waals surface area contributed by atoms with Crippen molar-refractivity contribution in [3.8, 4) is 0 Å². The van der Waals surface area contributed by atoms with Gasteiger partial charge in [0.15, 0.2) is 0 Å². The Balaban J connectivity index is 1.57. The summed E-state index contributed by atoms with van der Waals surface area (Å²) in [4.78, 5) is 13.3. The molecule has 1 amide bonds. The summed E-state index contributed by atoms with van der Waals surface area (Å²) in [5, 5.41) is 6.59. The van der Waals surface area contributed by atoms with Gasteiger partial charge < -0.3 is 10.6 Å². The molecule has 0 heterocycles. The van der Waals surface area contributed by atoms with Crippen molar-refractivity contribution in [2.75, 3.05) is 5.32 Å². The first-order valence-electron chi connectivity index (χ1n) is 11.6. The van der Waals surface area contributed by atoms with Gasteiger partial charge in [-0.3, -0.25) is 4.79 Å². The van der Waals surface area contributed by atoms with Gasteiger partial charge in [0.2, 0.25) is 10.0 Å². The number of rotatable bonds is 7. The van der Waals surface area contributed by atoms with Gasteiger partial charge in [0.1, 0.15) is 0 Å². The maximum Gasteiger partial charge on any atom is 0.251 e. The summed E-state index contributed by atoms with van der Waals surface area (Å²) in [5.74, 6) is -0.240. The fourth-order valence-electron chi connectivity index (χ4n) is 4.76. The number of fused-ring (bicyclic) bond motifs is 1. The lowest BCUT2D eigenvalue weighted by molar-refractivity contribution is 0.0938. The second-order valence-corrected chi connectivity index (χ2v) is 11.1. The molecule has 0 saturated heterocycles. The molecule has 7 heteroatoms. The molecule has 0 aliphatic heterocycles. The Morgan fingerprint density at radius 2 is 1.59 bits per heavy atom. The summed E-state index contributed by atoms with van der Waals surface area (Å²) >= 11 is 0. The van der Waals surface area contributed by atoms with Crippen molar-refractivity contribution in [3.05, 3.63) is 59.2 Å². The van der Waals surface area contributed by atoms with E-state index in [2.05, 4.69) is 27.5 Å². The zero-order valence-electron chi connectivity index (χ0n) is 18.9. The lowest BCUT2D eigenvalue weighted by atomic mass is 9.95. The summed E-state index contributed by atoms with van der Waals surface area (Å²) in [6, 6.07) is 13.2. The fraction of sp³-hybridized carbons (Fsp3) is 0.480. The number of hydrogen-bond acceptors (Lipinski definition) is 4. The molecule has 0 atom stereocenters. The molecule has 3 N–H and O–H groups in total. The Kier molecular flexibility index (Phi) is 6.86. The van der Waals surface area contributed by atoms with Crippen molar-refractivity contribution in [1.82, 2.24) is 10.0 Å².